The van der Waals surface area contributed by atoms with Crippen molar-refractivity contribution in [1.82, 2.24) is 4.90 Å². The van der Waals surface area contributed by atoms with Crippen LogP contribution in [0.1, 0.15) is 11.1 Å². The lowest BCUT2D eigenvalue weighted by atomic mass is 9.94. The molecule has 0 saturated carbocycles. The highest BCUT2D eigenvalue weighted by Crippen LogP contribution is 2.45. The summed E-state index contributed by atoms with van der Waals surface area (Å²) in [6.07, 6.45) is -0.693. The van der Waals surface area contributed by atoms with Gasteiger partial charge in [-0.15, -0.1) is 0 Å². The van der Waals surface area contributed by atoms with Crippen LogP contribution in [0.25, 0.3) is 0 Å². The first-order chi connectivity index (χ1) is 9.21. The van der Waals surface area contributed by atoms with Crippen molar-refractivity contribution in [2.75, 3.05) is 13.1 Å². The molecule has 1 nitrogen and oxygen atoms in total. The molecule has 19 heavy (non-hydrogen) atoms. The van der Waals surface area contributed by atoms with E-state index in [0.717, 1.165) is 0 Å². The van der Waals surface area contributed by atoms with Gasteiger partial charge in [-0.2, -0.15) is 0 Å². The average molecular weight is 367 g/mol. The summed E-state index contributed by atoms with van der Waals surface area (Å²) >= 11 is 2.45. The molecule has 3 rings (SSSR count). The van der Waals surface area contributed by atoms with E-state index in [1.54, 1.807) is 0 Å². The minimum atomic E-state index is -0.693. The standard InChI is InChI=1S/C16H15FIN/c17-15-11-19(12-15)16(18,13-7-3-1-4-8-13)14-9-5-2-6-10-14/h1-10,15H,11-12H2. The van der Waals surface area contributed by atoms with Gasteiger partial charge in [0.1, 0.15) is 9.72 Å². The molecular weight excluding hydrogens is 352 g/mol. The Bertz CT molecular complexity index is 498. The summed E-state index contributed by atoms with van der Waals surface area (Å²) in [7, 11) is 0. The largest absolute Gasteiger partial charge is 0.276 e. The van der Waals surface area contributed by atoms with Gasteiger partial charge in [-0.3, -0.25) is 4.90 Å². The lowest BCUT2D eigenvalue weighted by Gasteiger charge is -2.47. The SMILES string of the molecule is FC1CN(C(I)(c2ccccc2)c2ccccc2)C1. The quantitative estimate of drug-likeness (QED) is 0.451. The maximum atomic E-state index is 13.3. The van der Waals surface area contributed by atoms with Crippen LogP contribution in [-0.4, -0.2) is 24.2 Å². The van der Waals surface area contributed by atoms with Crippen molar-refractivity contribution in [2.45, 2.75) is 9.72 Å². The van der Waals surface area contributed by atoms with Gasteiger partial charge in [0.2, 0.25) is 0 Å². The van der Waals surface area contributed by atoms with Crippen molar-refractivity contribution >= 4 is 22.6 Å². The molecule has 1 saturated heterocycles. The molecular formula is C16H15FIN. The predicted octanol–water partition coefficient (Wildman–Crippen LogP) is 3.98. The second-order valence-electron chi connectivity index (χ2n) is 4.86. The molecule has 0 aromatic heterocycles. The van der Waals surface area contributed by atoms with E-state index in [-0.39, 0.29) is 3.55 Å². The third kappa shape index (κ3) is 2.30. The van der Waals surface area contributed by atoms with E-state index < -0.39 is 6.17 Å². The van der Waals surface area contributed by atoms with E-state index >= 15 is 0 Å². The number of nitrogens with zero attached hydrogens (tertiary/aromatic N) is 1. The van der Waals surface area contributed by atoms with Crippen LogP contribution in [0.3, 0.4) is 0 Å². The topological polar surface area (TPSA) is 3.24 Å². The molecule has 0 radical (unpaired) electrons. The number of hydrogen-bond acceptors (Lipinski definition) is 1. The van der Waals surface area contributed by atoms with Gasteiger partial charge in [-0.05, 0) is 11.1 Å². The van der Waals surface area contributed by atoms with Crippen LogP contribution in [0.15, 0.2) is 60.7 Å². The Kier molecular flexibility index (Phi) is 3.58. The van der Waals surface area contributed by atoms with Crippen LogP contribution in [0, 0.1) is 0 Å². The van der Waals surface area contributed by atoms with Gasteiger partial charge in [-0.1, -0.05) is 83.3 Å². The first kappa shape index (κ1) is 13.1. The van der Waals surface area contributed by atoms with E-state index in [0.29, 0.717) is 13.1 Å². The zero-order chi connectivity index (χ0) is 13.3. The first-order valence-corrected chi connectivity index (χ1v) is 7.48. The number of rotatable bonds is 3. The van der Waals surface area contributed by atoms with Crippen LogP contribution in [0.4, 0.5) is 4.39 Å². The molecule has 2 aromatic carbocycles. The second-order valence-corrected chi connectivity index (χ2v) is 6.42. The van der Waals surface area contributed by atoms with Crippen molar-refractivity contribution in [1.29, 1.82) is 0 Å². The summed E-state index contributed by atoms with van der Waals surface area (Å²) < 4.78 is 13.0. The van der Waals surface area contributed by atoms with E-state index in [1.807, 2.05) is 36.4 Å². The summed E-state index contributed by atoms with van der Waals surface area (Å²) in [5, 5.41) is 0. The summed E-state index contributed by atoms with van der Waals surface area (Å²) in [6, 6.07) is 20.7. The number of halogens is 2. The molecule has 0 spiro atoms. The highest BCUT2D eigenvalue weighted by Gasteiger charge is 2.44. The van der Waals surface area contributed by atoms with Crippen LogP contribution in [-0.2, 0) is 3.55 Å². The smallest absolute Gasteiger partial charge is 0.125 e. The fourth-order valence-corrected chi connectivity index (χ4v) is 3.64. The maximum absolute atomic E-state index is 13.3. The molecule has 0 N–H and O–H groups in total. The van der Waals surface area contributed by atoms with Crippen LogP contribution in [0.5, 0.6) is 0 Å². The highest BCUT2D eigenvalue weighted by molar-refractivity contribution is 14.1. The zero-order valence-corrected chi connectivity index (χ0v) is 12.6. The fourth-order valence-electron chi connectivity index (χ4n) is 2.53. The van der Waals surface area contributed by atoms with Crippen LogP contribution < -0.4 is 0 Å². The third-order valence-electron chi connectivity index (χ3n) is 3.59. The molecule has 2 aromatic rings. The minimum absolute atomic E-state index is 0.275. The molecule has 1 fully saturated rings. The molecule has 3 heteroatoms. The summed E-state index contributed by atoms with van der Waals surface area (Å²) in [5.74, 6) is 0. The van der Waals surface area contributed by atoms with Gasteiger partial charge < -0.3 is 0 Å². The number of benzene rings is 2. The summed E-state index contributed by atoms with van der Waals surface area (Å²) in [6.45, 7) is 1.01. The van der Waals surface area contributed by atoms with Gasteiger partial charge in [0.05, 0.1) is 0 Å². The Morgan fingerprint density at radius 2 is 1.32 bits per heavy atom. The minimum Gasteiger partial charge on any atom is -0.276 e. The molecule has 98 valence electrons. The van der Waals surface area contributed by atoms with E-state index in [2.05, 4.69) is 51.8 Å². The zero-order valence-electron chi connectivity index (χ0n) is 10.5. The lowest BCUT2D eigenvalue weighted by molar-refractivity contribution is 0.0330. The highest BCUT2D eigenvalue weighted by atomic mass is 127. The Balaban J connectivity index is 2.06. The van der Waals surface area contributed by atoms with Gasteiger partial charge in [0.15, 0.2) is 0 Å². The van der Waals surface area contributed by atoms with Crippen molar-refractivity contribution < 1.29 is 4.39 Å². The predicted molar refractivity (Wildman–Crippen MR) is 84.2 cm³/mol. The van der Waals surface area contributed by atoms with E-state index in [9.17, 15) is 4.39 Å². The van der Waals surface area contributed by atoms with Gasteiger partial charge in [-0.25, -0.2) is 4.39 Å². The first-order valence-electron chi connectivity index (χ1n) is 6.40. The van der Waals surface area contributed by atoms with E-state index in [4.69, 9.17) is 0 Å². The fraction of sp³-hybridized carbons (Fsp3) is 0.250. The second kappa shape index (κ2) is 5.21. The van der Waals surface area contributed by atoms with Crippen molar-refractivity contribution in [3.63, 3.8) is 0 Å². The maximum Gasteiger partial charge on any atom is 0.125 e. The average Bonchev–Trinajstić information content (AvgIpc) is 2.45. The molecule has 1 aliphatic rings. The normalized spacial score (nSPS) is 17.2. The Morgan fingerprint density at radius 3 is 1.68 bits per heavy atom. The molecule has 1 aliphatic heterocycles. The monoisotopic (exact) mass is 367 g/mol. The van der Waals surface area contributed by atoms with Gasteiger partial charge >= 0.3 is 0 Å². The van der Waals surface area contributed by atoms with Crippen molar-refractivity contribution in [3.8, 4) is 0 Å². The number of alkyl halides is 2. The Hall–Kier alpha value is -0.940. The molecule has 0 bridgehead atoms. The molecule has 0 unspecified atom stereocenters. The number of likely N-dealkylation sites (tertiary alicyclic amines) is 1. The van der Waals surface area contributed by atoms with Gasteiger partial charge in [0, 0.05) is 13.1 Å². The lowest BCUT2D eigenvalue weighted by Crippen LogP contribution is -2.57. The summed E-state index contributed by atoms with van der Waals surface area (Å²) in [5.41, 5.74) is 2.41. The van der Waals surface area contributed by atoms with Crippen molar-refractivity contribution in [2.24, 2.45) is 0 Å². The molecule has 0 amide bonds. The van der Waals surface area contributed by atoms with Crippen LogP contribution in [0.2, 0.25) is 0 Å². The molecule has 0 atom stereocenters. The Labute approximate surface area is 126 Å². The number of hydrogen-bond donors (Lipinski definition) is 0. The third-order valence-corrected chi connectivity index (χ3v) is 5.51. The molecule has 1 heterocycles. The summed E-state index contributed by atoms with van der Waals surface area (Å²) in [4.78, 5) is 2.20. The van der Waals surface area contributed by atoms with E-state index in [1.165, 1.54) is 11.1 Å². The van der Waals surface area contributed by atoms with Crippen molar-refractivity contribution in [3.05, 3.63) is 71.8 Å². The Morgan fingerprint density at radius 1 is 0.895 bits per heavy atom. The van der Waals surface area contributed by atoms with Gasteiger partial charge in [0.25, 0.3) is 0 Å². The molecule has 0 aliphatic carbocycles. The van der Waals surface area contributed by atoms with Crippen LogP contribution >= 0.6 is 22.6 Å².